The molecule has 1 aliphatic rings. The van der Waals surface area contributed by atoms with E-state index >= 15 is 0 Å². The number of carbonyl (C=O) groups excluding carboxylic acids is 1. The molecular formula is C17H28N4O3. The molecule has 1 fully saturated rings. The smallest absolute Gasteiger partial charge is 0.407 e. The molecule has 7 heteroatoms. The molecule has 1 heterocycles. The Bertz CT molecular complexity index is 563. The Kier molecular flexibility index (Phi) is 5.75. The minimum atomic E-state index is -0.474. The first-order valence-corrected chi connectivity index (χ1v) is 8.33. The number of hydrogen-bond acceptors (Lipinski definition) is 6. The normalized spacial score (nSPS) is 21.0. The van der Waals surface area contributed by atoms with Crippen molar-refractivity contribution in [2.45, 2.75) is 64.1 Å². The number of alkyl carbamates (subject to hydrolysis) is 1. The largest absolute Gasteiger partial charge is 0.481 e. The molecule has 0 radical (unpaired) electrons. The van der Waals surface area contributed by atoms with Crippen LogP contribution in [0.4, 0.5) is 16.3 Å². The maximum Gasteiger partial charge on any atom is 0.407 e. The monoisotopic (exact) mass is 336 g/mol. The fraction of sp³-hybridized carbons (Fsp3) is 0.647. The third-order valence-corrected chi connectivity index (χ3v) is 3.90. The number of aromatic nitrogens is 1. The average molecular weight is 336 g/mol. The lowest BCUT2D eigenvalue weighted by molar-refractivity contribution is 0.0492. The quantitative estimate of drug-likeness (QED) is 0.782. The van der Waals surface area contributed by atoms with E-state index in [2.05, 4.69) is 15.6 Å². The van der Waals surface area contributed by atoms with Crippen LogP contribution in [0.15, 0.2) is 12.1 Å². The van der Waals surface area contributed by atoms with Crippen molar-refractivity contribution < 1.29 is 14.3 Å². The van der Waals surface area contributed by atoms with E-state index in [4.69, 9.17) is 15.2 Å². The van der Waals surface area contributed by atoms with Gasteiger partial charge in [0.15, 0.2) is 5.82 Å². The molecule has 7 nitrogen and oxygen atoms in total. The average Bonchev–Trinajstić information content (AvgIpc) is 2.49. The second-order valence-corrected chi connectivity index (χ2v) is 7.13. The molecule has 134 valence electrons. The summed E-state index contributed by atoms with van der Waals surface area (Å²) < 4.78 is 10.4. The number of nitrogens with zero attached hydrogens (tertiary/aromatic N) is 1. The molecule has 24 heavy (non-hydrogen) atoms. The van der Waals surface area contributed by atoms with Gasteiger partial charge in [0, 0.05) is 18.2 Å². The molecule has 1 aromatic rings. The Morgan fingerprint density at radius 1 is 1.21 bits per heavy atom. The maximum absolute atomic E-state index is 11.8. The Morgan fingerprint density at radius 2 is 1.83 bits per heavy atom. The number of pyridine rings is 1. The summed E-state index contributed by atoms with van der Waals surface area (Å²) in [5, 5.41) is 6.32. The third-order valence-electron chi connectivity index (χ3n) is 3.90. The number of methoxy groups -OCH3 is 1. The second kappa shape index (κ2) is 7.59. The van der Waals surface area contributed by atoms with Gasteiger partial charge >= 0.3 is 6.09 Å². The van der Waals surface area contributed by atoms with Crippen LogP contribution < -0.4 is 21.1 Å². The van der Waals surface area contributed by atoms with Crippen molar-refractivity contribution in [1.29, 1.82) is 0 Å². The number of anilines is 2. The van der Waals surface area contributed by atoms with Crippen LogP contribution in [0, 0.1) is 0 Å². The summed E-state index contributed by atoms with van der Waals surface area (Å²) in [4.78, 5) is 16.2. The highest BCUT2D eigenvalue weighted by atomic mass is 16.6. The van der Waals surface area contributed by atoms with Gasteiger partial charge in [-0.05, 0) is 52.5 Å². The van der Waals surface area contributed by atoms with Gasteiger partial charge in [0.05, 0.1) is 12.8 Å². The van der Waals surface area contributed by atoms with Crippen LogP contribution in [0.2, 0.25) is 0 Å². The molecular weight excluding hydrogens is 308 g/mol. The second-order valence-electron chi connectivity index (χ2n) is 7.13. The van der Waals surface area contributed by atoms with Crippen molar-refractivity contribution in [1.82, 2.24) is 10.3 Å². The van der Waals surface area contributed by atoms with Gasteiger partial charge in [0.25, 0.3) is 0 Å². The molecule has 1 aliphatic carbocycles. The number of rotatable bonds is 4. The summed E-state index contributed by atoms with van der Waals surface area (Å²) in [5.74, 6) is 1.19. The fourth-order valence-corrected chi connectivity index (χ4v) is 2.73. The van der Waals surface area contributed by atoms with Crippen molar-refractivity contribution in [2.24, 2.45) is 0 Å². The molecule has 0 unspecified atom stereocenters. The summed E-state index contributed by atoms with van der Waals surface area (Å²) in [7, 11) is 1.58. The van der Waals surface area contributed by atoms with E-state index in [1.165, 1.54) is 0 Å². The van der Waals surface area contributed by atoms with Crippen molar-refractivity contribution in [3.8, 4) is 5.88 Å². The van der Waals surface area contributed by atoms with Gasteiger partial charge in [0.2, 0.25) is 5.88 Å². The van der Waals surface area contributed by atoms with Crippen LogP contribution in [0.5, 0.6) is 5.88 Å². The van der Waals surface area contributed by atoms with Gasteiger partial charge in [-0.2, -0.15) is 4.98 Å². The topological polar surface area (TPSA) is 98.5 Å². The lowest BCUT2D eigenvalue weighted by Crippen LogP contribution is -2.42. The lowest BCUT2D eigenvalue weighted by atomic mass is 9.91. The van der Waals surface area contributed by atoms with Crippen LogP contribution in [-0.4, -0.2) is 35.9 Å². The van der Waals surface area contributed by atoms with Crippen molar-refractivity contribution in [3.05, 3.63) is 12.1 Å². The van der Waals surface area contributed by atoms with Crippen molar-refractivity contribution >= 4 is 17.6 Å². The Labute approximate surface area is 143 Å². The predicted molar refractivity (Wildman–Crippen MR) is 94.2 cm³/mol. The molecule has 0 bridgehead atoms. The fourth-order valence-electron chi connectivity index (χ4n) is 2.73. The summed E-state index contributed by atoms with van der Waals surface area (Å²) in [6, 6.07) is 3.95. The maximum atomic E-state index is 11.8. The number of nitrogens with one attached hydrogen (secondary N) is 2. The number of amides is 1. The van der Waals surface area contributed by atoms with Crippen molar-refractivity contribution in [2.75, 3.05) is 18.2 Å². The van der Waals surface area contributed by atoms with Gasteiger partial charge in [-0.3, -0.25) is 0 Å². The molecule has 1 aromatic heterocycles. The Balaban J connectivity index is 1.82. The van der Waals surface area contributed by atoms with Gasteiger partial charge in [-0.1, -0.05) is 0 Å². The zero-order valence-corrected chi connectivity index (χ0v) is 14.9. The Hall–Kier alpha value is -2.18. The first kappa shape index (κ1) is 18.2. The molecule has 0 atom stereocenters. The van der Waals surface area contributed by atoms with E-state index in [0.29, 0.717) is 17.4 Å². The molecule has 4 N–H and O–H groups in total. The van der Waals surface area contributed by atoms with Gasteiger partial charge in [0.1, 0.15) is 5.60 Å². The molecule has 2 rings (SSSR count). The zero-order valence-electron chi connectivity index (χ0n) is 14.9. The van der Waals surface area contributed by atoms with Gasteiger partial charge in [-0.15, -0.1) is 0 Å². The van der Waals surface area contributed by atoms with Crippen LogP contribution in [-0.2, 0) is 4.74 Å². The molecule has 1 amide bonds. The van der Waals surface area contributed by atoms with Gasteiger partial charge in [-0.25, -0.2) is 4.79 Å². The summed E-state index contributed by atoms with van der Waals surface area (Å²) in [5.41, 5.74) is 6.09. The zero-order chi connectivity index (χ0) is 17.7. The van der Waals surface area contributed by atoms with E-state index in [1.807, 2.05) is 20.8 Å². The Morgan fingerprint density at radius 3 is 2.42 bits per heavy atom. The van der Waals surface area contributed by atoms with E-state index in [9.17, 15) is 4.79 Å². The minimum Gasteiger partial charge on any atom is -0.481 e. The summed E-state index contributed by atoms with van der Waals surface area (Å²) in [6.45, 7) is 5.58. The van der Waals surface area contributed by atoms with Gasteiger partial charge < -0.3 is 25.8 Å². The predicted octanol–water partition coefficient (Wildman–Crippen LogP) is 2.92. The number of nitrogen functional groups attached to an aromatic ring is 1. The third kappa shape index (κ3) is 5.47. The standard InChI is InChI=1S/C17H28N4O3/c1-17(2,3)24-16(22)20-12-7-5-11(6-8-12)19-15-13(18)9-10-14(21-15)23-4/h9-12H,5-8,18H2,1-4H3,(H,19,21)(H,20,22)/t11-,12-. The summed E-state index contributed by atoms with van der Waals surface area (Å²) in [6.07, 6.45) is 3.29. The lowest BCUT2D eigenvalue weighted by Gasteiger charge is -2.31. The van der Waals surface area contributed by atoms with E-state index in [-0.39, 0.29) is 18.2 Å². The molecule has 0 saturated heterocycles. The number of ether oxygens (including phenoxy) is 2. The molecule has 1 saturated carbocycles. The molecule has 0 aliphatic heterocycles. The van der Waals surface area contributed by atoms with E-state index in [1.54, 1.807) is 19.2 Å². The number of nitrogens with two attached hydrogens (primary N) is 1. The van der Waals surface area contributed by atoms with E-state index < -0.39 is 5.60 Å². The molecule has 0 spiro atoms. The van der Waals surface area contributed by atoms with Crippen LogP contribution >= 0.6 is 0 Å². The highest BCUT2D eigenvalue weighted by Gasteiger charge is 2.25. The summed E-state index contributed by atoms with van der Waals surface area (Å²) >= 11 is 0. The molecule has 0 aromatic carbocycles. The first-order chi connectivity index (χ1) is 11.3. The highest BCUT2D eigenvalue weighted by Crippen LogP contribution is 2.26. The van der Waals surface area contributed by atoms with Crippen LogP contribution in [0.3, 0.4) is 0 Å². The first-order valence-electron chi connectivity index (χ1n) is 8.33. The number of hydrogen-bond donors (Lipinski definition) is 3. The van der Waals surface area contributed by atoms with Crippen LogP contribution in [0.1, 0.15) is 46.5 Å². The SMILES string of the molecule is COc1ccc(N)c(N[C@H]2CC[C@H](NC(=O)OC(C)(C)C)CC2)n1. The van der Waals surface area contributed by atoms with Crippen molar-refractivity contribution in [3.63, 3.8) is 0 Å². The van der Waals surface area contributed by atoms with Crippen LogP contribution in [0.25, 0.3) is 0 Å². The number of carbonyl (C=O) groups is 1. The minimum absolute atomic E-state index is 0.147. The highest BCUT2D eigenvalue weighted by molar-refractivity contribution is 5.68. The van der Waals surface area contributed by atoms with E-state index in [0.717, 1.165) is 25.7 Å².